The van der Waals surface area contributed by atoms with E-state index in [2.05, 4.69) is 11.6 Å². The van der Waals surface area contributed by atoms with Crippen molar-refractivity contribution < 1.29 is 9.45 Å². The van der Waals surface area contributed by atoms with Crippen LogP contribution < -0.4 is 0 Å². The van der Waals surface area contributed by atoms with Gasteiger partial charge in [0.15, 0.2) is 0 Å². The van der Waals surface area contributed by atoms with Gasteiger partial charge in [-0.25, -0.2) is 0 Å². The van der Waals surface area contributed by atoms with Crippen molar-refractivity contribution in [3.8, 4) is 0 Å². The molecule has 0 saturated heterocycles. The summed E-state index contributed by atoms with van der Waals surface area (Å²) in [5, 5.41) is 0. The molecule has 0 aromatic carbocycles. The first-order chi connectivity index (χ1) is 9.31. The summed E-state index contributed by atoms with van der Waals surface area (Å²) in [6, 6.07) is 0. The van der Waals surface area contributed by atoms with Crippen LogP contribution in [0.3, 0.4) is 0 Å². The SMILES string of the molecule is BOC(=O)CCCCCCCCCCCCCCC.[BiH3]. The summed E-state index contributed by atoms with van der Waals surface area (Å²) in [5.41, 5.74) is 0. The summed E-state index contributed by atoms with van der Waals surface area (Å²) in [7, 11) is 1.46. The molecule has 0 aromatic heterocycles. The van der Waals surface area contributed by atoms with Crippen LogP contribution >= 0.6 is 0 Å². The van der Waals surface area contributed by atoms with Crippen LogP contribution in [0.1, 0.15) is 96.8 Å². The van der Waals surface area contributed by atoms with E-state index < -0.39 is 0 Å². The Hall–Kier alpha value is 0.418. The Morgan fingerprint density at radius 3 is 1.45 bits per heavy atom. The van der Waals surface area contributed by atoms with Crippen molar-refractivity contribution in [2.24, 2.45) is 0 Å². The normalized spacial score (nSPS) is 10.1. The zero-order valence-corrected chi connectivity index (χ0v) is 19.4. The van der Waals surface area contributed by atoms with Gasteiger partial charge in [0.25, 0.3) is 5.97 Å². The molecule has 20 heavy (non-hydrogen) atoms. The van der Waals surface area contributed by atoms with Crippen LogP contribution in [0, 0.1) is 0 Å². The summed E-state index contributed by atoms with van der Waals surface area (Å²) in [6.07, 6.45) is 18.0. The number of rotatable bonds is 14. The molecule has 0 bridgehead atoms. The first-order valence-corrected chi connectivity index (χ1v) is 8.38. The van der Waals surface area contributed by atoms with Gasteiger partial charge < -0.3 is 4.65 Å². The predicted octanol–water partition coefficient (Wildman–Crippen LogP) is 3.38. The Morgan fingerprint density at radius 2 is 1.10 bits per heavy atom. The molecule has 0 amide bonds. The Bertz CT molecular complexity index is 201. The van der Waals surface area contributed by atoms with E-state index in [1.54, 1.807) is 0 Å². The number of carbonyl (C=O) groups excluding carboxylic acids is 1. The van der Waals surface area contributed by atoms with E-state index >= 15 is 0 Å². The molecule has 4 heteroatoms. The fourth-order valence-electron chi connectivity index (χ4n) is 2.39. The third-order valence-corrected chi connectivity index (χ3v) is 3.71. The standard InChI is InChI=1S/C16H33BO2.Bi.3H/c1-2-3-4-5-6-7-8-9-10-11-12-13-14-15-16(18)19-17;;;;/h2-15,17H2,1H3;;;;. The van der Waals surface area contributed by atoms with Gasteiger partial charge in [-0.05, 0) is 6.42 Å². The summed E-state index contributed by atoms with van der Waals surface area (Å²) in [5.74, 6) is -0.0666. The Kier molecular flexibility index (Phi) is 22.0. The molecular formula is C16H36BBiO2. The fourth-order valence-corrected chi connectivity index (χ4v) is 2.39. The molecule has 0 aliphatic rings. The second-order valence-corrected chi connectivity index (χ2v) is 5.57. The number of hydrogen-bond acceptors (Lipinski definition) is 2. The molecule has 0 aliphatic heterocycles. The molecule has 0 aliphatic carbocycles. The molecule has 0 saturated carbocycles. The average molecular weight is 480 g/mol. The van der Waals surface area contributed by atoms with Crippen LogP contribution in [0.5, 0.6) is 0 Å². The maximum absolute atomic E-state index is 10.9. The van der Waals surface area contributed by atoms with Crippen LogP contribution in [-0.4, -0.2) is 40.2 Å². The van der Waals surface area contributed by atoms with Crippen molar-refractivity contribution in [1.29, 1.82) is 0 Å². The second kappa shape index (κ2) is 19.4. The topological polar surface area (TPSA) is 26.3 Å². The van der Waals surface area contributed by atoms with Gasteiger partial charge in [0.05, 0.1) is 0 Å². The van der Waals surface area contributed by atoms with Gasteiger partial charge in [0.1, 0.15) is 0 Å². The van der Waals surface area contributed by atoms with Crippen molar-refractivity contribution in [2.45, 2.75) is 96.8 Å². The maximum atomic E-state index is 10.9. The molecule has 0 radical (unpaired) electrons. The minimum atomic E-state index is -0.0666. The van der Waals surface area contributed by atoms with Gasteiger partial charge in [0, 0.05) is 6.42 Å². The molecular weight excluding hydrogens is 444 g/mol. The third-order valence-electron chi connectivity index (χ3n) is 3.71. The quantitative estimate of drug-likeness (QED) is 0.282. The number of unbranched alkanes of at least 4 members (excludes halogenated alkanes) is 12. The van der Waals surface area contributed by atoms with Crippen molar-refractivity contribution in [2.75, 3.05) is 0 Å². The van der Waals surface area contributed by atoms with Crippen molar-refractivity contribution in [3.63, 3.8) is 0 Å². The van der Waals surface area contributed by atoms with E-state index in [1.165, 1.54) is 85.1 Å². The van der Waals surface area contributed by atoms with E-state index in [9.17, 15) is 4.79 Å². The van der Waals surface area contributed by atoms with Gasteiger partial charge in [-0.1, -0.05) is 84.0 Å². The molecule has 120 valence electrons. The number of hydrogen-bond donors (Lipinski definition) is 0. The zero-order valence-electron chi connectivity index (χ0n) is 13.9. The molecule has 0 heterocycles. The summed E-state index contributed by atoms with van der Waals surface area (Å²) < 4.78 is 4.62. The van der Waals surface area contributed by atoms with Gasteiger partial charge in [-0.15, -0.1) is 0 Å². The molecule has 0 spiro atoms. The molecule has 0 unspecified atom stereocenters. The van der Waals surface area contributed by atoms with Crippen molar-refractivity contribution in [3.05, 3.63) is 0 Å². The first kappa shape index (κ1) is 22.7. The third kappa shape index (κ3) is 18.4. The van der Waals surface area contributed by atoms with Gasteiger partial charge in [-0.2, -0.15) is 0 Å². The molecule has 0 rings (SSSR count). The number of carbonyl (C=O) groups is 1. The molecule has 0 N–H and O–H groups in total. The van der Waals surface area contributed by atoms with Crippen LogP contribution in [0.4, 0.5) is 0 Å². The monoisotopic (exact) mass is 480 g/mol. The molecule has 0 atom stereocenters. The zero-order chi connectivity index (χ0) is 14.2. The fraction of sp³-hybridized carbons (Fsp3) is 0.938. The van der Waals surface area contributed by atoms with Crippen LogP contribution in [0.25, 0.3) is 0 Å². The van der Waals surface area contributed by atoms with Crippen LogP contribution in [0.15, 0.2) is 0 Å². The molecule has 0 fully saturated rings. The van der Waals surface area contributed by atoms with Crippen molar-refractivity contribution >= 4 is 40.2 Å². The van der Waals surface area contributed by atoms with Crippen molar-refractivity contribution in [1.82, 2.24) is 0 Å². The van der Waals surface area contributed by atoms with E-state index in [1.807, 2.05) is 0 Å². The Balaban J connectivity index is 0. The van der Waals surface area contributed by atoms with Gasteiger partial charge in [-0.3, -0.25) is 4.79 Å². The van der Waals surface area contributed by atoms with Crippen LogP contribution in [-0.2, 0) is 9.45 Å². The Labute approximate surface area is 146 Å². The molecule has 0 aromatic rings. The van der Waals surface area contributed by atoms with Crippen LogP contribution in [0.2, 0.25) is 0 Å². The van der Waals surface area contributed by atoms with E-state index in [4.69, 9.17) is 0 Å². The summed E-state index contributed by atoms with van der Waals surface area (Å²) in [4.78, 5) is 10.9. The van der Waals surface area contributed by atoms with E-state index in [0.29, 0.717) is 6.42 Å². The van der Waals surface area contributed by atoms with E-state index in [-0.39, 0.29) is 32.2 Å². The van der Waals surface area contributed by atoms with E-state index in [0.717, 1.165) is 6.42 Å². The van der Waals surface area contributed by atoms with Gasteiger partial charge in [0.2, 0.25) is 0 Å². The summed E-state index contributed by atoms with van der Waals surface area (Å²) in [6.45, 7) is 2.27. The first-order valence-electron chi connectivity index (χ1n) is 8.38. The van der Waals surface area contributed by atoms with Gasteiger partial charge >= 0.3 is 34.3 Å². The minimum absolute atomic E-state index is 0. The predicted molar refractivity (Wildman–Crippen MR) is 94.9 cm³/mol. The Morgan fingerprint density at radius 1 is 0.750 bits per heavy atom. The second-order valence-electron chi connectivity index (χ2n) is 5.57. The summed E-state index contributed by atoms with van der Waals surface area (Å²) >= 11 is 0. The average Bonchev–Trinajstić information content (AvgIpc) is 2.43. The molecule has 2 nitrogen and oxygen atoms in total.